The van der Waals surface area contributed by atoms with Crippen LogP contribution in [0.1, 0.15) is 26.3 Å². The molecule has 9 heteroatoms. The van der Waals surface area contributed by atoms with Crippen molar-refractivity contribution in [3.63, 3.8) is 0 Å². The molecule has 3 aromatic rings. The SMILES string of the molecule is COc1ccc(C(=O)NCC(=O)OCC(=O)Nc2ccccc2C(=O)c2ccccc2)cc1OC. The second-order valence-electron chi connectivity index (χ2n) is 7.20. The fourth-order valence-corrected chi connectivity index (χ4v) is 3.15. The van der Waals surface area contributed by atoms with Crippen molar-refractivity contribution in [3.8, 4) is 11.5 Å². The van der Waals surface area contributed by atoms with E-state index in [9.17, 15) is 19.2 Å². The summed E-state index contributed by atoms with van der Waals surface area (Å²) in [6.07, 6.45) is 0. The largest absolute Gasteiger partial charge is 0.493 e. The summed E-state index contributed by atoms with van der Waals surface area (Å²) in [7, 11) is 2.92. The highest BCUT2D eigenvalue weighted by atomic mass is 16.5. The van der Waals surface area contributed by atoms with E-state index in [4.69, 9.17) is 14.2 Å². The lowest BCUT2D eigenvalue weighted by atomic mass is 10.0. The summed E-state index contributed by atoms with van der Waals surface area (Å²) in [5.74, 6) is -1.38. The summed E-state index contributed by atoms with van der Waals surface area (Å²) >= 11 is 0. The first-order valence-corrected chi connectivity index (χ1v) is 10.6. The quantitative estimate of drug-likeness (QED) is 0.341. The van der Waals surface area contributed by atoms with E-state index in [0.29, 0.717) is 28.3 Å². The van der Waals surface area contributed by atoms with Gasteiger partial charge < -0.3 is 24.8 Å². The lowest BCUT2D eigenvalue weighted by Gasteiger charge is -2.11. The highest BCUT2D eigenvalue weighted by Crippen LogP contribution is 2.27. The number of ether oxygens (including phenoxy) is 3. The number of anilines is 1. The first kappa shape index (κ1) is 25.0. The van der Waals surface area contributed by atoms with E-state index < -0.39 is 30.9 Å². The van der Waals surface area contributed by atoms with Gasteiger partial charge in [-0.15, -0.1) is 0 Å². The molecule has 0 aliphatic heterocycles. The summed E-state index contributed by atoms with van der Waals surface area (Å²) in [5.41, 5.74) is 1.34. The molecule has 2 N–H and O–H groups in total. The fraction of sp³-hybridized carbons (Fsp3) is 0.154. The average Bonchev–Trinajstić information content (AvgIpc) is 2.90. The molecule has 0 radical (unpaired) electrons. The predicted octanol–water partition coefficient (Wildman–Crippen LogP) is 2.85. The minimum absolute atomic E-state index is 0.253. The molecule has 3 rings (SSSR count). The smallest absolute Gasteiger partial charge is 0.325 e. The van der Waals surface area contributed by atoms with E-state index in [1.54, 1.807) is 60.7 Å². The molecule has 0 bridgehead atoms. The van der Waals surface area contributed by atoms with Gasteiger partial charge in [0.1, 0.15) is 6.54 Å². The van der Waals surface area contributed by atoms with Crippen LogP contribution in [0.15, 0.2) is 72.8 Å². The van der Waals surface area contributed by atoms with Crippen molar-refractivity contribution in [3.05, 3.63) is 89.5 Å². The Hall–Kier alpha value is -4.66. The Morgan fingerprint density at radius 2 is 1.46 bits per heavy atom. The summed E-state index contributed by atoms with van der Waals surface area (Å²) in [6.45, 7) is -1.03. The van der Waals surface area contributed by atoms with E-state index >= 15 is 0 Å². The number of carbonyl (C=O) groups excluding carboxylic acids is 4. The Balaban J connectivity index is 1.51. The lowest BCUT2D eigenvalue weighted by molar-refractivity contribution is -0.146. The summed E-state index contributed by atoms with van der Waals surface area (Å²) in [5, 5.41) is 5.00. The van der Waals surface area contributed by atoms with Crippen LogP contribution in [-0.2, 0) is 14.3 Å². The standard InChI is InChI=1S/C26H24N2O7/c1-33-21-13-12-18(14-22(21)34-2)26(32)27-15-24(30)35-16-23(29)28-20-11-7-6-10-19(20)25(31)17-8-4-3-5-9-17/h3-14H,15-16H2,1-2H3,(H,27,32)(H,28,29). The van der Waals surface area contributed by atoms with Gasteiger partial charge in [0.05, 0.1) is 19.9 Å². The van der Waals surface area contributed by atoms with Gasteiger partial charge in [-0.05, 0) is 30.3 Å². The minimum atomic E-state index is -0.803. The van der Waals surface area contributed by atoms with Gasteiger partial charge in [-0.2, -0.15) is 0 Å². The van der Waals surface area contributed by atoms with Crippen LogP contribution in [-0.4, -0.2) is 50.9 Å². The topological polar surface area (TPSA) is 120 Å². The van der Waals surface area contributed by atoms with Gasteiger partial charge in [0.15, 0.2) is 23.9 Å². The Morgan fingerprint density at radius 1 is 0.771 bits per heavy atom. The van der Waals surface area contributed by atoms with Gasteiger partial charge in [-0.1, -0.05) is 42.5 Å². The molecule has 0 atom stereocenters. The van der Waals surface area contributed by atoms with Crippen LogP contribution in [0.25, 0.3) is 0 Å². The molecule has 0 saturated heterocycles. The number of para-hydroxylation sites is 1. The number of carbonyl (C=O) groups is 4. The number of hydrogen-bond acceptors (Lipinski definition) is 7. The number of rotatable bonds is 10. The molecule has 0 saturated carbocycles. The van der Waals surface area contributed by atoms with E-state index in [1.165, 1.54) is 26.4 Å². The van der Waals surface area contributed by atoms with Gasteiger partial charge in [0.2, 0.25) is 0 Å². The number of amides is 2. The average molecular weight is 476 g/mol. The predicted molar refractivity (Wildman–Crippen MR) is 128 cm³/mol. The summed E-state index contributed by atoms with van der Waals surface area (Å²) in [4.78, 5) is 49.4. The molecule has 0 spiro atoms. The third kappa shape index (κ3) is 6.67. The van der Waals surface area contributed by atoms with E-state index in [0.717, 1.165) is 0 Å². The summed E-state index contributed by atoms with van der Waals surface area (Å²) in [6, 6.07) is 19.8. The van der Waals surface area contributed by atoms with Gasteiger partial charge in [0, 0.05) is 16.7 Å². The molecular weight excluding hydrogens is 452 g/mol. The van der Waals surface area contributed by atoms with Crippen molar-refractivity contribution < 1.29 is 33.4 Å². The lowest BCUT2D eigenvalue weighted by Crippen LogP contribution is -2.32. The molecule has 35 heavy (non-hydrogen) atoms. The van der Waals surface area contributed by atoms with Crippen molar-refractivity contribution in [1.82, 2.24) is 5.32 Å². The van der Waals surface area contributed by atoms with Crippen molar-refractivity contribution >= 4 is 29.3 Å². The molecule has 3 aromatic carbocycles. The molecule has 9 nitrogen and oxygen atoms in total. The molecule has 0 fully saturated rings. The normalized spacial score (nSPS) is 10.1. The van der Waals surface area contributed by atoms with Crippen molar-refractivity contribution in [1.29, 1.82) is 0 Å². The molecule has 0 unspecified atom stereocenters. The zero-order valence-electron chi connectivity index (χ0n) is 19.2. The number of nitrogens with one attached hydrogen (secondary N) is 2. The van der Waals surface area contributed by atoms with Crippen LogP contribution < -0.4 is 20.1 Å². The highest BCUT2D eigenvalue weighted by molar-refractivity contribution is 6.13. The Bertz CT molecular complexity index is 1230. The Morgan fingerprint density at radius 3 is 2.17 bits per heavy atom. The van der Waals surface area contributed by atoms with Crippen LogP contribution in [0.3, 0.4) is 0 Å². The van der Waals surface area contributed by atoms with Crippen molar-refractivity contribution in [2.45, 2.75) is 0 Å². The number of esters is 1. The van der Waals surface area contributed by atoms with Crippen molar-refractivity contribution in [2.75, 3.05) is 32.7 Å². The Kier molecular flexibility index (Phi) is 8.55. The van der Waals surface area contributed by atoms with Gasteiger partial charge in [0.25, 0.3) is 11.8 Å². The number of methoxy groups -OCH3 is 2. The van der Waals surface area contributed by atoms with Gasteiger partial charge in [-0.3, -0.25) is 19.2 Å². The van der Waals surface area contributed by atoms with Crippen LogP contribution >= 0.6 is 0 Å². The highest BCUT2D eigenvalue weighted by Gasteiger charge is 2.16. The Labute approximate surface area is 202 Å². The number of hydrogen-bond donors (Lipinski definition) is 2. The molecule has 0 aromatic heterocycles. The van der Waals surface area contributed by atoms with E-state index in [2.05, 4.69) is 10.6 Å². The van der Waals surface area contributed by atoms with Crippen LogP contribution in [0.5, 0.6) is 11.5 Å². The van der Waals surface area contributed by atoms with Crippen LogP contribution in [0.2, 0.25) is 0 Å². The zero-order chi connectivity index (χ0) is 25.2. The van der Waals surface area contributed by atoms with E-state index in [-0.39, 0.29) is 11.3 Å². The van der Waals surface area contributed by atoms with Crippen LogP contribution in [0.4, 0.5) is 5.69 Å². The number of benzene rings is 3. The number of ketones is 1. The molecule has 0 heterocycles. The second kappa shape index (κ2) is 12.0. The molecular formula is C26H24N2O7. The summed E-state index contributed by atoms with van der Waals surface area (Å²) < 4.78 is 15.2. The first-order chi connectivity index (χ1) is 16.9. The maximum absolute atomic E-state index is 12.8. The van der Waals surface area contributed by atoms with Gasteiger partial charge in [-0.25, -0.2) is 0 Å². The monoisotopic (exact) mass is 476 g/mol. The maximum Gasteiger partial charge on any atom is 0.325 e. The minimum Gasteiger partial charge on any atom is -0.493 e. The molecule has 0 aliphatic rings. The second-order valence-corrected chi connectivity index (χ2v) is 7.20. The molecule has 0 aliphatic carbocycles. The molecule has 180 valence electrons. The zero-order valence-corrected chi connectivity index (χ0v) is 19.2. The third-order valence-corrected chi connectivity index (χ3v) is 4.89. The van der Waals surface area contributed by atoms with Gasteiger partial charge >= 0.3 is 5.97 Å². The first-order valence-electron chi connectivity index (χ1n) is 10.6. The fourth-order valence-electron chi connectivity index (χ4n) is 3.15. The van der Waals surface area contributed by atoms with E-state index in [1.807, 2.05) is 0 Å². The third-order valence-electron chi connectivity index (χ3n) is 4.89. The maximum atomic E-state index is 12.8. The van der Waals surface area contributed by atoms with Crippen LogP contribution in [0, 0.1) is 0 Å². The van der Waals surface area contributed by atoms with Crippen molar-refractivity contribution in [2.24, 2.45) is 0 Å². The molecule has 2 amide bonds.